The van der Waals surface area contributed by atoms with Crippen LogP contribution in [0.15, 0.2) is 35.2 Å². The van der Waals surface area contributed by atoms with Crippen molar-refractivity contribution < 1.29 is 17.9 Å². The Hall–Kier alpha value is -2.18. The molecule has 0 heterocycles. The summed E-state index contributed by atoms with van der Waals surface area (Å²) in [6.07, 6.45) is 0.699. The topological polar surface area (TPSA) is 86.5 Å². The minimum atomic E-state index is -3.79. The fourth-order valence-corrected chi connectivity index (χ4v) is 4.60. The van der Waals surface area contributed by atoms with Crippen molar-refractivity contribution in [2.75, 3.05) is 7.11 Å². The average molecular weight is 347 g/mol. The molecule has 0 bridgehead atoms. The highest BCUT2D eigenvalue weighted by Crippen LogP contribution is 2.35. The number of aryl methyl sites for hydroxylation is 1. The molecule has 24 heavy (non-hydrogen) atoms. The lowest BCUT2D eigenvalue weighted by atomic mass is 10.1. The van der Waals surface area contributed by atoms with Gasteiger partial charge < -0.3 is 10.5 Å². The molecule has 1 atom stereocenters. The molecule has 0 aromatic heterocycles. The molecule has 0 radical (unpaired) electrons. The molecule has 0 amide bonds. The van der Waals surface area contributed by atoms with Gasteiger partial charge in [-0.1, -0.05) is 24.3 Å². The van der Waals surface area contributed by atoms with Crippen molar-refractivity contribution in [2.24, 2.45) is 5.73 Å². The number of benzene rings is 2. The Morgan fingerprint density at radius 2 is 1.67 bits per heavy atom. The highest BCUT2D eigenvalue weighted by molar-refractivity contribution is 7.91. The van der Waals surface area contributed by atoms with Crippen LogP contribution < -0.4 is 10.5 Å². The van der Waals surface area contributed by atoms with Crippen LogP contribution in [0.25, 0.3) is 0 Å². The van der Waals surface area contributed by atoms with E-state index in [4.69, 9.17) is 10.5 Å². The monoisotopic (exact) mass is 347 g/mol. The van der Waals surface area contributed by atoms with Crippen LogP contribution in [0.3, 0.4) is 0 Å². The number of methoxy groups -OCH3 is 1. The van der Waals surface area contributed by atoms with Gasteiger partial charge in [0.1, 0.15) is 17.4 Å². The molecule has 1 unspecified atom stereocenters. The molecule has 2 aromatic carbocycles. The van der Waals surface area contributed by atoms with Gasteiger partial charge >= 0.3 is 0 Å². The van der Waals surface area contributed by atoms with Crippen LogP contribution in [-0.4, -0.2) is 21.8 Å². The lowest BCUT2D eigenvalue weighted by Crippen LogP contribution is -2.24. The van der Waals surface area contributed by atoms with Crippen molar-refractivity contribution in [3.8, 4) is 5.75 Å². The zero-order valence-electron chi connectivity index (χ0n) is 14.2. The summed E-state index contributed by atoms with van der Waals surface area (Å²) in [6, 6.07) is 7.94. The summed E-state index contributed by atoms with van der Waals surface area (Å²) in [5, 5.41) is -1.21. The number of hydrogen-bond acceptors (Lipinski definition) is 5. The average Bonchev–Trinajstić information content (AvgIpc) is 2.57. The van der Waals surface area contributed by atoms with E-state index < -0.39 is 15.2 Å². The molecule has 2 N–H and O–H groups in total. The molecule has 0 saturated carbocycles. The molecule has 6 heteroatoms. The van der Waals surface area contributed by atoms with Crippen LogP contribution in [0.1, 0.15) is 38.0 Å². The van der Waals surface area contributed by atoms with E-state index in [0.717, 1.165) is 5.56 Å². The Labute approximate surface area is 142 Å². The second-order valence-corrected chi connectivity index (χ2v) is 7.73. The summed E-state index contributed by atoms with van der Waals surface area (Å²) in [5.41, 5.74) is 8.95. The van der Waals surface area contributed by atoms with Crippen molar-refractivity contribution in [1.29, 1.82) is 0 Å². The summed E-state index contributed by atoms with van der Waals surface area (Å²) in [7, 11) is -2.24. The summed E-state index contributed by atoms with van der Waals surface area (Å²) in [4.78, 5) is 11.0. The van der Waals surface area contributed by atoms with Gasteiger partial charge in [0, 0.05) is 5.56 Å². The van der Waals surface area contributed by atoms with E-state index in [-0.39, 0.29) is 4.90 Å². The molecule has 2 rings (SSSR count). The van der Waals surface area contributed by atoms with Crippen LogP contribution >= 0.6 is 0 Å². The second-order valence-electron chi connectivity index (χ2n) is 5.72. The van der Waals surface area contributed by atoms with Gasteiger partial charge in [0.05, 0.1) is 12.0 Å². The molecule has 0 aliphatic carbocycles. The van der Waals surface area contributed by atoms with E-state index in [9.17, 15) is 13.2 Å². The van der Waals surface area contributed by atoms with E-state index in [0.29, 0.717) is 34.3 Å². The van der Waals surface area contributed by atoms with Gasteiger partial charge in [-0.3, -0.25) is 4.79 Å². The molecular formula is C18H21NO4S. The van der Waals surface area contributed by atoms with Crippen LogP contribution in [-0.2, 0) is 9.84 Å². The van der Waals surface area contributed by atoms with Gasteiger partial charge in [0.25, 0.3) is 0 Å². The van der Waals surface area contributed by atoms with Crippen LogP contribution in [0.2, 0.25) is 0 Å². The maximum absolute atomic E-state index is 13.0. The first-order chi connectivity index (χ1) is 11.2. The number of carbonyl (C=O) groups is 1. The zero-order chi connectivity index (χ0) is 18.1. The maximum Gasteiger partial charge on any atom is 0.198 e. The van der Waals surface area contributed by atoms with Gasteiger partial charge in [-0.05, 0) is 49.1 Å². The van der Waals surface area contributed by atoms with Gasteiger partial charge in [-0.25, -0.2) is 8.42 Å². The first-order valence-corrected chi connectivity index (χ1v) is 8.98. The summed E-state index contributed by atoms with van der Waals surface area (Å²) >= 11 is 0. The predicted octanol–water partition coefficient (Wildman–Crippen LogP) is 2.86. The smallest absolute Gasteiger partial charge is 0.198 e. The van der Waals surface area contributed by atoms with E-state index >= 15 is 0 Å². The minimum absolute atomic E-state index is 0.229. The van der Waals surface area contributed by atoms with E-state index in [1.54, 1.807) is 51.3 Å². The van der Waals surface area contributed by atoms with Gasteiger partial charge in [0.2, 0.25) is 0 Å². The fraction of sp³-hybridized carbons (Fsp3) is 0.278. The highest BCUT2D eigenvalue weighted by Gasteiger charge is 2.30. The molecule has 2 aromatic rings. The molecular weight excluding hydrogens is 326 g/mol. The van der Waals surface area contributed by atoms with Crippen molar-refractivity contribution in [3.05, 3.63) is 58.1 Å². The molecule has 0 fully saturated rings. The Kier molecular flexibility index (Phi) is 5.11. The first kappa shape index (κ1) is 18.2. The molecule has 5 nitrogen and oxygen atoms in total. The number of rotatable bonds is 5. The fourth-order valence-electron chi connectivity index (χ4n) is 2.74. The summed E-state index contributed by atoms with van der Waals surface area (Å²) in [5.74, 6) is 0.646. The summed E-state index contributed by atoms with van der Waals surface area (Å²) in [6.45, 7) is 5.29. The number of sulfone groups is 1. The highest BCUT2D eigenvalue weighted by atomic mass is 32.2. The minimum Gasteiger partial charge on any atom is -0.496 e. The standard InChI is InChI=1S/C18H21NO4S/c1-11-9-16(23-4)12(2)13(3)17(11)24(21,22)18(19)15-7-5-14(10-20)6-8-15/h5-10,18H,19H2,1-4H3. The zero-order valence-corrected chi connectivity index (χ0v) is 15.0. The Balaban J connectivity index is 2.57. The van der Waals surface area contributed by atoms with Crippen molar-refractivity contribution in [2.45, 2.75) is 31.0 Å². The SMILES string of the molecule is COc1cc(C)c(S(=O)(=O)C(N)c2ccc(C=O)cc2)c(C)c1C. The van der Waals surface area contributed by atoms with E-state index in [1.807, 2.05) is 6.92 Å². The van der Waals surface area contributed by atoms with Crippen LogP contribution in [0.5, 0.6) is 5.75 Å². The Bertz CT molecular complexity index is 871. The molecule has 0 aliphatic heterocycles. The number of carbonyl (C=O) groups excluding carboxylic acids is 1. The van der Waals surface area contributed by atoms with Gasteiger partial charge in [-0.2, -0.15) is 0 Å². The normalized spacial score (nSPS) is 12.7. The largest absolute Gasteiger partial charge is 0.496 e. The summed E-state index contributed by atoms with van der Waals surface area (Å²) < 4.78 is 31.4. The first-order valence-electron chi connectivity index (χ1n) is 7.43. The second kappa shape index (κ2) is 6.75. The third kappa shape index (κ3) is 3.07. The Morgan fingerprint density at radius 1 is 1.08 bits per heavy atom. The van der Waals surface area contributed by atoms with Crippen LogP contribution in [0, 0.1) is 20.8 Å². The van der Waals surface area contributed by atoms with Crippen molar-refractivity contribution in [1.82, 2.24) is 0 Å². The third-order valence-electron chi connectivity index (χ3n) is 4.22. The van der Waals surface area contributed by atoms with Crippen molar-refractivity contribution >= 4 is 16.1 Å². The predicted molar refractivity (Wildman–Crippen MR) is 93.1 cm³/mol. The van der Waals surface area contributed by atoms with E-state index in [2.05, 4.69) is 0 Å². The number of hydrogen-bond donors (Lipinski definition) is 1. The number of ether oxygens (including phenoxy) is 1. The molecule has 128 valence electrons. The lowest BCUT2D eigenvalue weighted by molar-refractivity contribution is 0.112. The van der Waals surface area contributed by atoms with Crippen LogP contribution in [0.4, 0.5) is 0 Å². The lowest BCUT2D eigenvalue weighted by Gasteiger charge is -2.20. The van der Waals surface area contributed by atoms with Gasteiger partial charge in [0.15, 0.2) is 9.84 Å². The molecule has 0 spiro atoms. The third-order valence-corrected chi connectivity index (χ3v) is 6.36. The van der Waals surface area contributed by atoms with Gasteiger partial charge in [-0.15, -0.1) is 0 Å². The van der Waals surface area contributed by atoms with Crippen molar-refractivity contribution in [3.63, 3.8) is 0 Å². The molecule has 0 saturated heterocycles. The number of nitrogens with two attached hydrogens (primary N) is 1. The van der Waals surface area contributed by atoms with E-state index in [1.165, 1.54) is 0 Å². The Morgan fingerprint density at radius 3 is 2.17 bits per heavy atom. The number of aldehydes is 1. The molecule has 0 aliphatic rings. The quantitative estimate of drug-likeness (QED) is 0.841. The maximum atomic E-state index is 13.0.